The van der Waals surface area contributed by atoms with Gasteiger partial charge in [0.05, 0.1) is 0 Å². The van der Waals surface area contributed by atoms with Gasteiger partial charge < -0.3 is 10.1 Å². The molecule has 0 atom stereocenters. The minimum absolute atomic E-state index is 0.0397. The van der Waals surface area contributed by atoms with Crippen molar-refractivity contribution in [2.45, 2.75) is 32.0 Å². The summed E-state index contributed by atoms with van der Waals surface area (Å²) in [6.07, 6.45) is 5.42. The minimum atomic E-state index is -0.0397. The molecule has 3 aromatic rings. The molecule has 0 spiro atoms. The molecule has 4 nitrogen and oxygen atoms in total. The lowest BCUT2D eigenvalue weighted by atomic mass is 10.0. The van der Waals surface area contributed by atoms with Crippen molar-refractivity contribution in [2.75, 3.05) is 13.1 Å². The van der Waals surface area contributed by atoms with Crippen molar-refractivity contribution in [3.63, 3.8) is 0 Å². The highest BCUT2D eigenvalue weighted by atomic mass is 16.5. The molecule has 0 radical (unpaired) electrons. The number of likely N-dealkylation sites (tertiary alicyclic amines) is 1. The first kappa shape index (κ1) is 21.8. The van der Waals surface area contributed by atoms with Gasteiger partial charge >= 0.3 is 0 Å². The lowest BCUT2D eigenvalue weighted by molar-refractivity contribution is -0.117. The van der Waals surface area contributed by atoms with Crippen molar-refractivity contribution in [3.05, 3.63) is 108 Å². The summed E-state index contributed by atoms with van der Waals surface area (Å²) >= 11 is 0. The second-order valence-corrected chi connectivity index (χ2v) is 8.22. The van der Waals surface area contributed by atoms with E-state index in [0.717, 1.165) is 49.4 Å². The Labute approximate surface area is 190 Å². The van der Waals surface area contributed by atoms with Crippen LogP contribution >= 0.6 is 0 Å². The van der Waals surface area contributed by atoms with Gasteiger partial charge in [-0.15, -0.1) is 0 Å². The molecule has 3 aromatic carbocycles. The molecule has 1 fully saturated rings. The number of piperidine rings is 1. The van der Waals surface area contributed by atoms with E-state index in [1.165, 1.54) is 5.56 Å². The van der Waals surface area contributed by atoms with Crippen LogP contribution in [0.1, 0.15) is 29.5 Å². The topological polar surface area (TPSA) is 41.6 Å². The summed E-state index contributed by atoms with van der Waals surface area (Å²) < 4.78 is 5.87. The maximum atomic E-state index is 12.4. The zero-order valence-corrected chi connectivity index (χ0v) is 18.3. The SMILES string of the molecule is O=C(/C=C/c1cccc(OCc2ccccc2)c1)NC1CCN(Cc2ccccc2)CC1. The van der Waals surface area contributed by atoms with Crippen molar-refractivity contribution in [1.82, 2.24) is 10.2 Å². The summed E-state index contributed by atoms with van der Waals surface area (Å²) in [5.41, 5.74) is 3.42. The molecule has 4 rings (SSSR count). The summed E-state index contributed by atoms with van der Waals surface area (Å²) in [6.45, 7) is 3.51. The molecule has 4 heteroatoms. The van der Waals surface area contributed by atoms with Gasteiger partial charge in [0.2, 0.25) is 5.91 Å². The molecule has 1 saturated heterocycles. The molecule has 1 aliphatic rings. The van der Waals surface area contributed by atoms with Gasteiger partial charge in [0.1, 0.15) is 12.4 Å². The molecule has 0 aliphatic carbocycles. The molecule has 32 heavy (non-hydrogen) atoms. The number of amides is 1. The van der Waals surface area contributed by atoms with E-state index in [2.05, 4.69) is 34.5 Å². The fourth-order valence-corrected chi connectivity index (χ4v) is 3.95. The van der Waals surface area contributed by atoms with E-state index in [4.69, 9.17) is 4.74 Å². The van der Waals surface area contributed by atoms with Gasteiger partial charge in [-0.3, -0.25) is 9.69 Å². The zero-order valence-electron chi connectivity index (χ0n) is 18.3. The summed E-state index contributed by atoms with van der Waals surface area (Å²) in [4.78, 5) is 14.9. The van der Waals surface area contributed by atoms with Gasteiger partial charge in [-0.25, -0.2) is 0 Å². The van der Waals surface area contributed by atoms with Crippen molar-refractivity contribution in [1.29, 1.82) is 0 Å². The molecule has 164 valence electrons. The van der Waals surface area contributed by atoms with Crippen molar-refractivity contribution >= 4 is 12.0 Å². The normalized spacial score (nSPS) is 15.0. The van der Waals surface area contributed by atoms with Crippen molar-refractivity contribution in [2.24, 2.45) is 0 Å². The summed E-state index contributed by atoms with van der Waals surface area (Å²) in [5, 5.41) is 3.15. The van der Waals surface area contributed by atoms with Crippen LogP contribution in [0.25, 0.3) is 6.08 Å². The Kier molecular flexibility index (Phi) is 7.72. The molecule has 0 bridgehead atoms. The molecule has 0 unspecified atom stereocenters. The van der Waals surface area contributed by atoms with E-state index >= 15 is 0 Å². The molecule has 1 aliphatic heterocycles. The molecule has 0 saturated carbocycles. The first-order valence-corrected chi connectivity index (χ1v) is 11.3. The highest BCUT2D eigenvalue weighted by Crippen LogP contribution is 2.17. The van der Waals surface area contributed by atoms with Gasteiger partial charge in [0.25, 0.3) is 0 Å². The summed E-state index contributed by atoms with van der Waals surface area (Å²) in [6, 6.07) is 28.7. The quantitative estimate of drug-likeness (QED) is 0.512. The smallest absolute Gasteiger partial charge is 0.244 e. The minimum Gasteiger partial charge on any atom is -0.489 e. The number of nitrogens with one attached hydrogen (secondary N) is 1. The third kappa shape index (κ3) is 6.82. The number of carbonyl (C=O) groups is 1. The predicted molar refractivity (Wildman–Crippen MR) is 129 cm³/mol. The number of rotatable bonds is 8. The number of nitrogens with zero attached hydrogens (tertiary/aromatic N) is 1. The van der Waals surface area contributed by atoms with Crippen LogP contribution in [0, 0.1) is 0 Å². The summed E-state index contributed by atoms with van der Waals surface area (Å²) in [5.74, 6) is 0.754. The van der Waals surface area contributed by atoms with E-state index in [9.17, 15) is 4.79 Å². The molecular weight excluding hydrogens is 396 g/mol. The Bertz CT molecular complexity index is 1010. The fraction of sp³-hybridized carbons (Fsp3) is 0.250. The van der Waals surface area contributed by atoms with E-state index in [1.54, 1.807) is 6.08 Å². The first-order valence-electron chi connectivity index (χ1n) is 11.3. The van der Waals surface area contributed by atoms with Crippen LogP contribution < -0.4 is 10.1 Å². The van der Waals surface area contributed by atoms with Gasteiger partial charge in [-0.05, 0) is 47.7 Å². The largest absolute Gasteiger partial charge is 0.489 e. The van der Waals surface area contributed by atoms with Gasteiger partial charge in [-0.2, -0.15) is 0 Å². The standard InChI is InChI=1S/C28H30N2O2/c31-28(29-26-16-18-30(19-17-26)21-24-8-3-1-4-9-24)15-14-23-12-7-13-27(20-23)32-22-25-10-5-2-6-11-25/h1-15,20,26H,16-19,21-22H2,(H,29,31)/b15-14+. The molecule has 0 aromatic heterocycles. The maximum Gasteiger partial charge on any atom is 0.244 e. The first-order chi connectivity index (χ1) is 15.7. The van der Waals surface area contributed by atoms with Gasteiger partial charge in [0.15, 0.2) is 0 Å². The Hall–Kier alpha value is -3.37. The monoisotopic (exact) mass is 426 g/mol. The van der Waals surface area contributed by atoms with Crippen LogP contribution in [0.2, 0.25) is 0 Å². The number of ether oxygens (including phenoxy) is 1. The van der Waals surface area contributed by atoms with Crippen molar-refractivity contribution in [3.8, 4) is 5.75 Å². The van der Waals surface area contributed by atoms with Crippen LogP contribution in [0.4, 0.5) is 0 Å². The van der Waals surface area contributed by atoms with Crippen LogP contribution in [0.15, 0.2) is 91.0 Å². The van der Waals surface area contributed by atoms with Crippen LogP contribution in [-0.2, 0) is 17.9 Å². The predicted octanol–water partition coefficient (Wildman–Crippen LogP) is 5.06. The Balaban J connectivity index is 1.21. The summed E-state index contributed by atoms with van der Waals surface area (Å²) in [7, 11) is 0. The highest BCUT2D eigenvalue weighted by molar-refractivity contribution is 5.91. The van der Waals surface area contributed by atoms with E-state index in [1.807, 2.05) is 66.7 Å². The third-order valence-electron chi connectivity index (χ3n) is 5.72. The lowest BCUT2D eigenvalue weighted by Crippen LogP contribution is -2.43. The second kappa shape index (κ2) is 11.3. The van der Waals surface area contributed by atoms with Gasteiger partial charge in [0, 0.05) is 31.8 Å². The van der Waals surface area contributed by atoms with Crippen LogP contribution in [0.5, 0.6) is 5.75 Å². The van der Waals surface area contributed by atoms with Crippen LogP contribution in [-0.4, -0.2) is 29.9 Å². The van der Waals surface area contributed by atoms with E-state index in [0.29, 0.717) is 6.61 Å². The maximum absolute atomic E-state index is 12.4. The van der Waals surface area contributed by atoms with Crippen LogP contribution in [0.3, 0.4) is 0 Å². The molecular formula is C28H30N2O2. The number of hydrogen-bond acceptors (Lipinski definition) is 3. The zero-order chi connectivity index (χ0) is 22.0. The Morgan fingerprint density at radius 1 is 0.906 bits per heavy atom. The van der Waals surface area contributed by atoms with Gasteiger partial charge in [-0.1, -0.05) is 72.8 Å². The second-order valence-electron chi connectivity index (χ2n) is 8.22. The number of carbonyl (C=O) groups excluding carboxylic acids is 1. The number of benzene rings is 3. The Morgan fingerprint density at radius 3 is 2.31 bits per heavy atom. The number of hydrogen-bond donors (Lipinski definition) is 1. The lowest BCUT2D eigenvalue weighted by Gasteiger charge is -2.32. The average Bonchev–Trinajstić information content (AvgIpc) is 2.84. The average molecular weight is 427 g/mol. The Morgan fingerprint density at radius 2 is 1.59 bits per heavy atom. The highest BCUT2D eigenvalue weighted by Gasteiger charge is 2.19. The van der Waals surface area contributed by atoms with Crippen molar-refractivity contribution < 1.29 is 9.53 Å². The molecule has 1 heterocycles. The fourth-order valence-electron chi connectivity index (χ4n) is 3.95. The van der Waals surface area contributed by atoms with E-state index < -0.39 is 0 Å². The molecule has 1 N–H and O–H groups in total. The third-order valence-corrected chi connectivity index (χ3v) is 5.72. The van der Waals surface area contributed by atoms with E-state index in [-0.39, 0.29) is 11.9 Å². The molecule has 1 amide bonds.